The summed E-state index contributed by atoms with van der Waals surface area (Å²) in [7, 11) is 0. The zero-order valence-electron chi connectivity index (χ0n) is 17.4. The molecule has 4 aliphatic rings. The molecule has 0 aromatic heterocycles. The number of hydrogen-bond acceptors (Lipinski definition) is 0. The van der Waals surface area contributed by atoms with Gasteiger partial charge in [0, 0.05) is 0 Å². The monoisotopic (exact) mass is 402 g/mol. The Morgan fingerprint density at radius 3 is 0.938 bits per heavy atom. The van der Waals surface area contributed by atoms with Crippen molar-refractivity contribution in [2.45, 2.75) is 0 Å². The van der Waals surface area contributed by atoms with Crippen molar-refractivity contribution in [2.75, 3.05) is 0 Å². The molecule has 4 aliphatic carbocycles. The second kappa shape index (κ2) is 5.75. The van der Waals surface area contributed by atoms with E-state index in [1.54, 1.807) is 0 Å². The van der Waals surface area contributed by atoms with Gasteiger partial charge < -0.3 is 0 Å². The predicted octanol–water partition coefficient (Wildman–Crippen LogP) is 8.29. The lowest BCUT2D eigenvalue weighted by Crippen LogP contribution is -1.82. The van der Waals surface area contributed by atoms with E-state index in [0.29, 0.717) is 0 Å². The Morgan fingerprint density at radius 2 is 0.531 bits per heavy atom. The highest BCUT2D eigenvalue weighted by Gasteiger charge is 2.11. The first-order chi connectivity index (χ1) is 15.8. The van der Waals surface area contributed by atoms with Crippen LogP contribution in [0, 0.1) is 20.9 Å². The van der Waals surface area contributed by atoms with E-state index in [4.69, 9.17) is 0 Å². The highest BCUT2D eigenvalue weighted by molar-refractivity contribution is 5.93. The zero-order chi connectivity index (χ0) is 20.8. The third kappa shape index (κ3) is 2.07. The maximum atomic E-state index is 2.37. The standard InChI is InChI=1S/C32H18/c1-5-19-7-3-11-23-15-27-17-25(13-21(9-1)31(27)29(19)23)26-14-22-10-2-6-20-8-4-12-24-16-28(18-26)32(22)30(20)24/h1-18H. The number of rotatable bonds is 1. The van der Waals surface area contributed by atoms with Crippen LogP contribution in [0.25, 0.3) is 54.2 Å². The van der Waals surface area contributed by atoms with E-state index < -0.39 is 0 Å². The Kier molecular flexibility index (Phi) is 2.97. The maximum Gasteiger partial charge on any atom is -0.00262 e. The first-order valence-electron chi connectivity index (χ1n) is 11.2. The summed E-state index contributed by atoms with van der Waals surface area (Å²) in [6.45, 7) is 0. The van der Waals surface area contributed by atoms with Gasteiger partial charge in [0.1, 0.15) is 0 Å². The molecule has 0 fully saturated rings. The molecule has 0 heterocycles. The summed E-state index contributed by atoms with van der Waals surface area (Å²) in [5, 5.41) is 16.0. The van der Waals surface area contributed by atoms with Gasteiger partial charge in [0.15, 0.2) is 0 Å². The van der Waals surface area contributed by atoms with Gasteiger partial charge in [-0.25, -0.2) is 0 Å². The zero-order valence-corrected chi connectivity index (χ0v) is 17.4. The number of benzene rings is 4. The lowest BCUT2D eigenvalue weighted by Gasteiger charge is -2.06. The van der Waals surface area contributed by atoms with Crippen molar-refractivity contribution >= 4 is 43.1 Å². The summed E-state index contributed by atoms with van der Waals surface area (Å²) >= 11 is 0. The van der Waals surface area contributed by atoms with Crippen LogP contribution in [-0.4, -0.2) is 0 Å². The van der Waals surface area contributed by atoms with E-state index in [2.05, 4.69) is 109 Å². The van der Waals surface area contributed by atoms with E-state index >= 15 is 0 Å². The molecular weight excluding hydrogens is 384 g/mol. The van der Waals surface area contributed by atoms with Crippen molar-refractivity contribution < 1.29 is 0 Å². The molecule has 0 spiro atoms. The maximum absolute atomic E-state index is 2.37. The van der Waals surface area contributed by atoms with Gasteiger partial charge in [-0.05, 0) is 111 Å². The van der Waals surface area contributed by atoms with E-state index in [0.717, 1.165) is 0 Å². The molecule has 4 aromatic rings. The summed E-state index contributed by atoms with van der Waals surface area (Å²) in [5.74, 6) is 0. The second-order valence-electron chi connectivity index (χ2n) is 9.02. The van der Waals surface area contributed by atoms with Crippen LogP contribution in [0.2, 0.25) is 0 Å². The molecule has 0 saturated carbocycles. The molecule has 0 nitrogen and oxygen atoms in total. The molecule has 4 aromatic carbocycles. The van der Waals surface area contributed by atoms with Gasteiger partial charge >= 0.3 is 0 Å². The predicted molar refractivity (Wildman–Crippen MR) is 135 cm³/mol. The van der Waals surface area contributed by atoms with Crippen molar-refractivity contribution in [1.82, 2.24) is 0 Å². The van der Waals surface area contributed by atoms with Gasteiger partial charge in [-0.1, -0.05) is 72.8 Å². The second-order valence-corrected chi connectivity index (χ2v) is 9.02. The molecule has 0 heteroatoms. The van der Waals surface area contributed by atoms with Crippen molar-refractivity contribution in [1.29, 1.82) is 0 Å². The van der Waals surface area contributed by atoms with E-state index in [1.807, 2.05) is 0 Å². The first kappa shape index (κ1) is 16.5. The normalized spacial score (nSPS) is 12.4. The van der Waals surface area contributed by atoms with Crippen molar-refractivity contribution in [3.63, 3.8) is 0 Å². The molecule has 8 rings (SSSR count). The summed E-state index contributed by atoms with van der Waals surface area (Å²) in [6.07, 6.45) is 0. The van der Waals surface area contributed by atoms with Gasteiger partial charge in [0.05, 0.1) is 0 Å². The molecule has 146 valence electrons. The van der Waals surface area contributed by atoms with Crippen molar-refractivity contribution in [3.8, 4) is 11.1 Å². The van der Waals surface area contributed by atoms with Gasteiger partial charge in [0.2, 0.25) is 0 Å². The molecule has 0 unspecified atom stereocenters. The minimum absolute atomic E-state index is 1.28. The van der Waals surface area contributed by atoms with E-state index in [1.165, 1.54) is 75.1 Å². The highest BCUT2D eigenvalue weighted by Crippen LogP contribution is 2.34. The third-order valence-corrected chi connectivity index (χ3v) is 7.22. The van der Waals surface area contributed by atoms with Gasteiger partial charge in [0.25, 0.3) is 0 Å². The van der Waals surface area contributed by atoms with E-state index in [-0.39, 0.29) is 0 Å². The Labute approximate surface area is 184 Å². The molecule has 0 atom stereocenters. The van der Waals surface area contributed by atoms with Crippen LogP contribution in [0.5, 0.6) is 0 Å². The third-order valence-electron chi connectivity index (χ3n) is 7.22. The lowest BCUT2D eigenvalue weighted by molar-refractivity contribution is 1.66. The molecule has 0 bridgehead atoms. The Morgan fingerprint density at radius 1 is 0.250 bits per heavy atom. The Balaban J connectivity index is 1.51. The largest absolute Gasteiger partial charge is 0.0610 e. The molecule has 0 saturated heterocycles. The fourth-order valence-corrected chi connectivity index (χ4v) is 5.90. The lowest BCUT2D eigenvalue weighted by atomic mass is 9.98. The van der Waals surface area contributed by atoms with Gasteiger partial charge in [-0.15, -0.1) is 0 Å². The van der Waals surface area contributed by atoms with Crippen LogP contribution in [0.15, 0.2) is 109 Å². The minimum Gasteiger partial charge on any atom is -0.0610 e. The van der Waals surface area contributed by atoms with Crippen molar-refractivity contribution in [3.05, 3.63) is 130 Å². The minimum atomic E-state index is 1.28. The van der Waals surface area contributed by atoms with Crippen LogP contribution in [0.1, 0.15) is 0 Å². The topological polar surface area (TPSA) is 0 Å². The average Bonchev–Trinajstić information content (AvgIpc) is 3.23. The summed E-state index contributed by atoms with van der Waals surface area (Å²) in [5.41, 5.74) is 2.56. The summed E-state index contributed by atoms with van der Waals surface area (Å²) in [4.78, 5) is 0. The molecule has 32 heavy (non-hydrogen) atoms. The fourth-order valence-electron chi connectivity index (χ4n) is 5.90. The SMILES string of the molecule is c1cc2cccc3cc4cc(-c5cc6cccc7cccc8cc(c5)c6=c78)cc(c1)c4=c23. The fraction of sp³-hybridized carbons (Fsp3) is 0. The molecule has 0 aliphatic heterocycles. The average molecular weight is 402 g/mol. The Bertz CT molecular complexity index is 1930. The quantitative estimate of drug-likeness (QED) is 0.259. The summed E-state index contributed by atoms with van der Waals surface area (Å²) < 4.78 is 0. The Hall–Kier alpha value is -4.16. The van der Waals surface area contributed by atoms with Crippen LogP contribution >= 0.6 is 0 Å². The number of hydrogen-bond donors (Lipinski definition) is 0. The molecule has 0 N–H and O–H groups in total. The summed E-state index contributed by atoms with van der Waals surface area (Å²) in [6, 6.07) is 40.7. The highest BCUT2D eigenvalue weighted by atomic mass is 14.1. The molecular formula is C32H18. The van der Waals surface area contributed by atoms with Crippen LogP contribution < -0.4 is 0 Å². The first-order valence-corrected chi connectivity index (χ1v) is 11.2. The van der Waals surface area contributed by atoms with Crippen LogP contribution in [0.4, 0.5) is 0 Å². The molecule has 0 radical (unpaired) electrons. The van der Waals surface area contributed by atoms with Crippen LogP contribution in [-0.2, 0) is 0 Å². The smallest absolute Gasteiger partial charge is 0.00262 e. The van der Waals surface area contributed by atoms with Gasteiger partial charge in [-0.3, -0.25) is 0 Å². The van der Waals surface area contributed by atoms with E-state index in [9.17, 15) is 0 Å². The van der Waals surface area contributed by atoms with Crippen LogP contribution in [0.3, 0.4) is 0 Å². The van der Waals surface area contributed by atoms with Gasteiger partial charge in [-0.2, -0.15) is 0 Å². The van der Waals surface area contributed by atoms with Crippen molar-refractivity contribution in [2.24, 2.45) is 0 Å². The molecule has 0 amide bonds.